The van der Waals surface area contributed by atoms with E-state index in [2.05, 4.69) is 20.2 Å². The van der Waals surface area contributed by atoms with Gasteiger partial charge in [0.25, 0.3) is 5.91 Å². The quantitative estimate of drug-likeness (QED) is 0.753. The second kappa shape index (κ2) is 6.86. The fourth-order valence-electron chi connectivity index (χ4n) is 4.45. The number of carbonyl (C=O) groups is 1. The Kier molecular flexibility index (Phi) is 4.32. The number of pyridine rings is 1. The van der Waals surface area contributed by atoms with Crippen LogP contribution in [0.1, 0.15) is 47.3 Å². The molecule has 7 nitrogen and oxygen atoms in total. The number of nitrogens with two attached hydrogens (primary N) is 1. The molecule has 2 atom stereocenters. The van der Waals surface area contributed by atoms with Crippen LogP contribution in [-0.2, 0) is 24.4 Å². The first-order chi connectivity index (χ1) is 13.6. The molecule has 0 spiro atoms. The van der Waals surface area contributed by atoms with Crippen LogP contribution in [0.2, 0.25) is 0 Å². The van der Waals surface area contributed by atoms with Gasteiger partial charge in [0, 0.05) is 48.2 Å². The van der Waals surface area contributed by atoms with Crippen LogP contribution in [0.3, 0.4) is 0 Å². The summed E-state index contributed by atoms with van der Waals surface area (Å²) in [6.45, 7) is 2.12. The molecule has 1 fully saturated rings. The molecule has 28 heavy (non-hydrogen) atoms. The molecule has 0 bridgehead atoms. The van der Waals surface area contributed by atoms with E-state index in [-0.39, 0.29) is 30.4 Å². The lowest BCUT2D eigenvalue weighted by Crippen LogP contribution is -2.43. The van der Waals surface area contributed by atoms with Crippen LogP contribution in [0.5, 0.6) is 0 Å². The summed E-state index contributed by atoms with van der Waals surface area (Å²) in [7, 11) is 0. The smallest absolute Gasteiger partial charge is 0.254 e. The third kappa shape index (κ3) is 2.87. The highest BCUT2D eigenvalue weighted by Gasteiger charge is 2.32. The number of hydrogen-bond acceptors (Lipinski definition) is 5. The van der Waals surface area contributed by atoms with Gasteiger partial charge in [0.2, 0.25) is 0 Å². The van der Waals surface area contributed by atoms with E-state index in [0.717, 1.165) is 43.5 Å². The molecule has 3 aliphatic rings. The van der Waals surface area contributed by atoms with Gasteiger partial charge in [-0.3, -0.25) is 4.79 Å². The molecule has 148 valence electrons. The molecule has 1 aliphatic carbocycles. The standard InChI is InChI=1S/C20H24FN5O2/c21-17-13-8-23-20(27)16(13)18(11-7-12-10-28-6-5-26(12)9-11)25-19(17)24-15-4-2-1-3-14(15)22/h7,9,14-15H,1-6,8,10,22H2,(H,23,27)(H,24,25). The molecule has 1 amide bonds. The number of nitrogens with zero attached hydrogens (tertiary/aromatic N) is 2. The maximum absolute atomic E-state index is 15.2. The Balaban J connectivity index is 1.59. The lowest BCUT2D eigenvalue weighted by atomic mass is 9.91. The number of carbonyl (C=O) groups excluding carboxylic acids is 1. The minimum absolute atomic E-state index is 0.0117. The Labute approximate surface area is 162 Å². The highest BCUT2D eigenvalue weighted by molar-refractivity contribution is 6.04. The van der Waals surface area contributed by atoms with Gasteiger partial charge in [0.1, 0.15) is 0 Å². The van der Waals surface area contributed by atoms with Crippen LogP contribution < -0.4 is 16.4 Å². The zero-order valence-electron chi connectivity index (χ0n) is 15.6. The molecule has 4 N–H and O–H groups in total. The number of anilines is 1. The maximum atomic E-state index is 15.2. The summed E-state index contributed by atoms with van der Waals surface area (Å²) in [5.41, 5.74) is 9.30. The lowest BCUT2D eigenvalue weighted by Gasteiger charge is -2.30. The van der Waals surface area contributed by atoms with Crippen LogP contribution in [0.4, 0.5) is 10.2 Å². The Morgan fingerprint density at radius 2 is 2.21 bits per heavy atom. The Bertz CT molecular complexity index is 918. The van der Waals surface area contributed by atoms with Crippen molar-refractivity contribution in [3.8, 4) is 11.3 Å². The van der Waals surface area contributed by atoms with Crippen LogP contribution in [-0.4, -0.2) is 34.1 Å². The average Bonchev–Trinajstić information content (AvgIpc) is 3.30. The van der Waals surface area contributed by atoms with Gasteiger partial charge in [0.15, 0.2) is 11.6 Å². The molecule has 0 aromatic carbocycles. The predicted molar refractivity (Wildman–Crippen MR) is 102 cm³/mol. The monoisotopic (exact) mass is 385 g/mol. The average molecular weight is 385 g/mol. The van der Waals surface area contributed by atoms with Gasteiger partial charge in [-0.05, 0) is 18.9 Å². The zero-order chi connectivity index (χ0) is 19.3. The minimum Gasteiger partial charge on any atom is -0.373 e. The molecular weight excluding hydrogens is 361 g/mol. The van der Waals surface area contributed by atoms with Gasteiger partial charge in [-0.25, -0.2) is 9.37 Å². The van der Waals surface area contributed by atoms with Crippen molar-refractivity contribution in [2.24, 2.45) is 5.73 Å². The van der Waals surface area contributed by atoms with Gasteiger partial charge < -0.3 is 25.7 Å². The first-order valence-electron chi connectivity index (χ1n) is 9.91. The number of aromatic nitrogens is 2. The molecule has 1 saturated carbocycles. The van der Waals surface area contributed by atoms with Crippen LogP contribution in [0, 0.1) is 5.82 Å². The molecule has 2 unspecified atom stereocenters. The fourth-order valence-corrected chi connectivity index (χ4v) is 4.45. The van der Waals surface area contributed by atoms with E-state index in [0.29, 0.717) is 30.0 Å². The predicted octanol–water partition coefficient (Wildman–Crippen LogP) is 2.14. The second-order valence-corrected chi connectivity index (χ2v) is 7.82. The summed E-state index contributed by atoms with van der Waals surface area (Å²) in [6, 6.07) is 1.94. The maximum Gasteiger partial charge on any atom is 0.254 e. The van der Waals surface area contributed by atoms with E-state index in [1.165, 1.54) is 0 Å². The SMILES string of the molecule is NC1CCCCC1Nc1nc(-c2cc3n(c2)CCOC3)c2c(c1F)CNC2=O. The molecule has 2 aromatic heterocycles. The van der Waals surface area contributed by atoms with Crippen LogP contribution in [0.25, 0.3) is 11.3 Å². The molecule has 8 heteroatoms. The second-order valence-electron chi connectivity index (χ2n) is 7.82. The number of fused-ring (bicyclic) bond motifs is 2. The summed E-state index contributed by atoms with van der Waals surface area (Å²) in [5, 5.41) is 5.97. The first kappa shape index (κ1) is 17.6. The van der Waals surface area contributed by atoms with E-state index in [9.17, 15) is 4.79 Å². The number of hydrogen-bond donors (Lipinski definition) is 3. The van der Waals surface area contributed by atoms with Crippen molar-refractivity contribution in [3.63, 3.8) is 0 Å². The van der Waals surface area contributed by atoms with Crippen molar-refractivity contribution in [1.82, 2.24) is 14.9 Å². The molecule has 2 aliphatic heterocycles. The van der Waals surface area contributed by atoms with Gasteiger partial charge in [-0.15, -0.1) is 0 Å². The third-order valence-corrected chi connectivity index (χ3v) is 6.02. The van der Waals surface area contributed by atoms with Gasteiger partial charge in [0.05, 0.1) is 24.5 Å². The normalized spacial score (nSPS) is 23.9. The van der Waals surface area contributed by atoms with Crippen molar-refractivity contribution in [2.75, 3.05) is 11.9 Å². The summed E-state index contributed by atoms with van der Waals surface area (Å²) in [5.74, 6) is -0.548. The number of halogens is 1. The van der Waals surface area contributed by atoms with Crippen LogP contribution in [0.15, 0.2) is 12.3 Å². The van der Waals surface area contributed by atoms with E-state index >= 15 is 4.39 Å². The van der Waals surface area contributed by atoms with Gasteiger partial charge in [-0.1, -0.05) is 12.8 Å². The minimum atomic E-state index is -0.456. The third-order valence-electron chi connectivity index (χ3n) is 6.02. The largest absolute Gasteiger partial charge is 0.373 e. The molecule has 5 rings (SSSR count). The van der Waals surface area contributed by atoms with Crippen molar-refractivity contribution < 1.29 is 13.9 Å². The Morgan fingerprint density at radius 1 is 1.36 bits per heavy atom. The van der Waals surface area contributed by atoms with Crippen molar-refractivity contribution in [2.45, 2.75) is 57.5 Å². The summed E-state index contributed by atoms with van der Waals surface area (Å²) >= 11 is 0. The van der Waals surface area contributed by atoms with Crippen molar-refractivity contribution in [1.29, 1.82) is 0 Å². The summed E-state index contributed by atoms with van der Waals surface area (Å²) < 4.78 is 22.8. The molecule has 0 saturated heterocycles. The lowest BCUT2D eigenvalue weighted by molar-refractivity contribution is 0.0850. The Hall–Kier alpha value is -2.45. The molecule has 4 heterocycles. The van der Waals surface area contributed by atoms with Gasteiger partial charge in [-0.2, -0.15) is 0 Å². The van der Waals surface area contributed by atoms with Gasteiger partial charge >= 0.3 is 0 Å². The topological polar surface area (TPSA) is 94.2 Å². The Morgan fingerprint density at radius 3 is 3.04 bits per heavy atom. The highest BCUT2D eigenvalue weighted by atomic mass is 19.1. The fraction of sp³-hybridized carbons (Fsp3) is 0.500. The zero-order valence-corrected chi connectivity index (χ0v) is 15.6. The van der Waals surface area contributed by atoms with Crippen LogP contribution >= 0.6 is 0 Å². The van der Waals surface area contributed by atoms with Crippen molar-refractivity contribution in [3.05, 3.63) is 34.9 Å². The number of nitrogens with one attached hydrogen (secondary N) is 2. The van der Waals surface area contributed by atoms with E-state index in [1.54, 1.807) is 0 Å². The van der Waals surface area contributed by atoms with E-state index < -0.39 is 5.82 Å². The molecule has 0 radical (unpaired) electrons. The molecule has 2 aromatic rings. The number of amides is 1. The summed E-state index contributed by atoms with van der Waals surface area (Å²) in [4.78, 5) is 17.0. The van der Waals surface area contributed by atoms with E-state index in [4.69, 9.17) is 10.5 Å². The first-order valence-corrected chi connectivity index (χ1v) is 9.91. The highest BCUT2D eigenvalue weighted by Crippen LogP contribution is 2.35. The van der Waals surface area contributed by atoms with Crippen molar-refractivity contribution >= 4 is 11.7 Å². The van der Waals surface area contributed by atoms with E-state index in [1.807, 2.05) is 12.3 Å². The number of ether oxygens (including phenoxy) is 1. The molecular formula is C20H24FN5O2. The summed E-state index contributed by atoms with van der Waals surface area (Å²) in [6.07, 6.45) is 5.95. The number of rotatable bonds is 3.